The normalized spacial score (nSPS) is 11.3. The van der Waals surface area contributed by atoms with Gasteiger partial charge in [-0.2, -0.15) is 0 Å². The summed E-state index contributed by atoms with van der Waals surface area (Å²) in [6.45, 7) is 0. The molecule has 0 fully saturated rings. The van der Waals surface area contributed by atoms with Crippen LogP contribution in [-0.2, 0) is 0 Å². The van der Waals surface area contributed by atoms with Gasteiger partial charge in [-0.3, -0.25) is 4.98 Å². The second-order valence-corrected chi connectivity index (χ2v) is 9.35. The monoisotopic (exact) mass is 510 g/mol. The molecule has 0 radical (unpaired) electrons. The molecular weight excluding hydrogens is 492 g/mol. The van der Waals surface area contributed by atoms with E-state index in [0.29, 0.717) is 33.7 Å². The van der Waals surface area contributed by atoms with Gasteiger partial charge in [0.25, 0.3) is 0 Å². The second-order valence-electron chi connectivity index (χ2n) is 8.92. The van der Waals surface area contributed by atoms with Gasteiger partial charge in [-0.1, -0.05) is 96.5 Å². The second kappa shape index (κ2) is 9.21. The number of rotatable bonds is 4. The lowest BCUT2D eigenvalue weighted by Gasteiger charge is -2.09. The number of furan rings is 1. The number of halogens is 1. The molecule has 0 saturated carbocycles. The zero-order valence-electron chi connectivity index (χ0n) is 20.0. The molecule has 7 rings (SSSR count). The van der Waals surface area contributed by atoms with Crippen molar-refractivity contribution in [3.63, 3.8) is 0 Å². The summed E-state index contributed by atoms with van der Waals surface area (Å²) in [5.41, 5.74) is 6.20. The zero-order valence-corrected chi connectivity index (χ0v) is 20.8. The van der Waals surface area contributed by atoms with Gasteiger partial charge in [0.2, 0.25) is 0 Å². The minimum atomic E-state index is 0.525. The van der Waals surface area contributed by atoms with Crippen LogP contribution in [0.4, 0.5) is 0 Å². The summed E-state index contributed by atoms with van der Waals surface area (Å²) in [6, 6.07) is 34.1. The van der Waals surface area contributed by atoms with E-state index in [0.717, 1.165) is 38.6 Å². The molecule has 0 atom stereocenters. The summed E-state index contributed by atoms with van der Waals surface area (Å²) < 4.78 is 6.06. The van der Waals surface area contributed by atoms with Crippen LogP contribution in [0.15, 0.2) is 120 Å². The van der Waals surface area contributed by atoms with E-state index in [2.05, 4.69) is 29.2 Å². The molecule has 7 aromatic rings. The van der Waals surface area contributed by atoms with Crippen LogP contribution in [-0.4, -0.2) is 19.9 Å². The van der Waals surface area contributed by atoms with Crippen LogP contribution in [0.2, 0.25) is 5.02 Å². The van der Waals surface area contributed by atoms with Gasteiger partial charge in [-0.05, 0) is 23.3 Å². The molecule has 4 aromatic carbocycles. The Kier molecular flexibility index (Phi) is 5.42. The molecule has 3 heterocycles. The first-order valence-corrected chi connectivity index (χ1v) is 12.5. The first-order chi connectivity index (χ1) is 18.7. The Bertz CT molecular complexity index is 1920. The Hall–Kier alpha value is -4.87. The van der Waals surface area contributed by atoms with Crippen LogP contribution < -0.4 is 0 Å². The van der Waals surface area contributed by atoms with Gasteiger partial charge in [-0.25, -0.2) is 15.0 Å². The van der Waals surface area contributed by atoms with Crippen LogP contribution in [0.3, 0.4) is 0 Å². The van der Waals surface area contributed by atoms with Crippen LogP contribution in [0.5, 0.6) is 0 Å². The van der Waals surface area contributed by atoms with Gasteiger partial charge in [0, 0.05) is 44.7 Å². The predicted octanol–water partition coefficient (Wildman–Crippen LogP) is 8.49. The van der Waals surface area contributed by atoms with Gasteiger partial charge < -0.3 is 4.42 Å². The molecule has 6 heteroatoms. The Morgan fingerprint density at radius 1 is 0.526 bits per heavy atom. The summed E-state index contributed by atoms with van der Waals surface area (Å²) in [5, 5.41) is 2.43. The highest BCUT2D eigenvalue weighted by atomic mass is 35.5. The molecule has 5 nitrogen and oxygen atoms in total. The fourth-order valence-electron chi connectivity index (χ4n) is 4.66. The van der Waals surface area contributed by atoms with Gasteiger partial charge in [0.1, 0.15) is 5.58 Å². The number of hydrogen-bond donors (Lipinski definition) is 0. The largest absolute Gasteiger partial charge is 0.454 e. The average Bonchev–Trinajstić information content (AvgIpc) is 3.35. The lowest BCUT2D eigenvalue weighted by molar-refractivity contribution is 0.667. The van der Waals surface area contributed by atoms with Crippen molar-refractivity contribution in [3.8, 4) is 45.3 Å². The fraction of sp³-hybridized carbons (Fsp3) is 0. The number of nitrogens with zero attached hydrogens (tertiary/aromatic N) is 4. The van der Waals surface area contributed by atoms with E-state index in [9.17, 15) is 0 Å². The maximum atomic E-state index is 6.22. The molecule has 0 unspecified atom stereocenters. The van der Waals surface area contributed by atoms with Crippen molar-refractivity contribution >= 4 is 33.5 Å². The first kappa shape index (κ1) is 22.3. The number of aromatic nitrogens is 4. The van der Waals surface area contributed by atoms with Crippen molar-refractivity contribution in [3.05, 3.63) is 121 Å². The third kappa shape index (κ3) is 3.99. The molecule has 0 aliphatic rings. The predicted molar refractivity (Wildman–Crippen MR) is 152 cm³/mol. The molecule has 38 heavy (non-hydrogen) atoms. The van der Waals surface area contributed by atoms with E-state index in [1.807, 2.05) is 78.9 Å². The van der Waals surface area contributed by atoms with E-state index in [-0.39, 0.29) is 0 Å². The number of pyridine rings is 1. The van der Waals surface area contributed by atoms with Gasteiger partial charge in [0.15, 0.2) is 23.1 Å². The molecule has 0 saturated heterocycles. The lowest BCUT2D eigenvalue weighted by atomic mass is 10.0. The molecule has 0 aliphatic heterocycles. The Morgan fingerprint density at radius 2 is 1.11 bits per heavy atom. The van der Waals surface area contributed by atoms with E-state index in [1.54, 1.807) is 12.4 Å². The van der Waals surface area contributed by atoms with Crippen LogP contribution in [0.1, 0.15) is 0 Å². The van der Waals surface area contributed by atoms with E-state index in [1.165, 1.54) is 0 Å². The van der Waals surface area contributed by atoms with Crippen molar-refractivity contribution in [2.24, 2.45) is 0 Å². The van der Waals surface area contributed by atoms with Crippen molar-refractivity contribution < 1.29 is 4.42 Å². The molecule has 0 aliphatic carbocycles. The van der Waals surface area contributed by atoms with E-state index in [4.69, 9.17) is 31.0 Å². The molecule has 0 bridgehead atoms. The Labute approximate surface area is 223 Å². The molecule has 0 N–H and O–H groups in total. The number of hydrogen-bond acceptors (Lipinski definition) is 5. The van der Waals surface area contributed by atoms with Crippen molar-refractivity contribution in [2.75, 3.05) is 0 Å². The maximum Gasteiger partial charge on any atom is 0.166 e. The van der Waals surface area contributed by atoms with Gasteiger partial charge >= 0.3 is 0 Å². The third-order valence-corrected chi connectivity index (χ3v) is 6.74. The van der Waals surface area contributed by atoms with Crippen LogP contribution in [0, 0.1) is 0 Å². The van der Waals surface area contributed by atoms with Gasteiger partial charge in [-0.15, -0.1) is 0 Å². The summed E-state index contributed by atoms with van der Waals surface area (Å²) >= 11 is 6.22. The average molecular weight is 511 g/mol. The highest BCUT2D eigenvalue weighted by Gasteiger charge is 2.18. The molecule has 0 spiro atoms. The summed E-state index contributed by atoms with van der Waals surface area (Å²) in [4.78, 5) is 19.1. The summed E-state index contributed by atoms with van der Waals surface area (Å²) in [7, 11) is 0. The van der Waals surface area contributed by atoms with E-state index >= 15 is 0 Å². The van der Waals surface area contributed by atoms with Crippen molar-refractivity contribution in [1.29, 1.82) is 0 Å². The topological polar surface area (TPSA) is 64.7 Å². The highest BCUT2D eigenvalue weighted by Crippen LogP contribution is 2.36. The van der Waals surface area contributed by atoms with Crippen molar-refractivity contribution in [2.45, 2.75) is 0 Å². The smallest absolute Gasteiger partial charge is 0.166 e. The van der Waals surface area contributed by atoms with Crippen LogP contribution >= 0.6 is 11.6 Å². The fourth-order valence-corrected chi connectivity index (χ4v) is 4.82. The minimum absolute atomic E-state index is 0.525. The first-order valence-electron chi connectivity index (χ1n) is 12.2. The quantitative estimate of drug-likeness (QED) is 0.237. The summed E-state index contributed by atoms with van der Waals surface area (Å²) in [5.74, 6) is 1.70. The lowest BCUT2D eigenvalue weighted by Crippen LogP contribution is -2.00. The third-order valence-electron chi connectivity index (χ3n) is 6.50. The molecule has 3 aromatic heterocycles. The zero-order chi connectivity index (χ0) is 25.5. The molecular formula is C32H19ClN4O. The maximum absolute atomic E-state index is 6.22. The van der Waals surface area contributed by atoms with Crippen molar-refractivity contribution in [1.82, 2.24) is 19.9 Å². The minimum Gasteiger partial charge on any atom is -0.454 e. The number of benzene rings is 4. The SMILES string of the molecule is Clc1ccc2c(c1)oc1cncc(-c3nc(-c4ccccc4)nc(-c4ccc(-c5ccccc5)cc4)n3)c12. The Balaban J connectivity index is 1.43. The standard InChI is InChI=1S/C32H19ClN4O/c33-24-15-16-25-27(17-24)38-28-19-34-18-26(29(25)28)32-36-30(22-9-5-2-6-10-22)35-31(37-32)23-13-11-21(12-14-23)20-7-3-1-4-8-20/h1-19H. The highest BCUT2D eigenvalue weighted by molar-refractivity contribution is 6.31. The van der Waals surface area contributed by atoms with Gasteiger partial charge in [0.05, 0.1) is 6.20 Å². The van der Waals surface area contributed by atoms with E-state index < -0.39 is 0 Å². The summed E-state index contributed by atoms with van der Waals surface area (Å²) in [6.07, 6.45) is 3.48. The number of fused-ring (bicyclic) bond motifs is 3. The molecule has 180 valence electrons. The van der Waals surface area contributed by atoms with Crippen LogP contribution in [0.25, 0.3) is 67.2 Å². The Morgan fingerprint density at radius 3 is 1.82 bits per heavy atom. The molecule has 0 amide bonds.